The lowest BCUT2D eigenvalue weighted by molar-refractivity contribution is -0.137. The first-order chi connectivity index (χ1) is 8.08. The monoisotopic (exact) mass is 259 g/mol. The third kappa shape index (κ3) is 2.84. The van der Waals surface area contributed by atoms with Crippen molar-refractivity contribution < 1.29 is 14.5 Å². The van der Waals surface area contributed by atoms with Crippen molar-refractivity contribution in [3.05, 3.63) is 0 Å². The van der Waals surface area contributed by atoms with E-state index in [4.69, 9.17) is 10.5 Å². The highest BCUT2D eigenvalue weighted by molar-refractivity contribution is 7.92. The molecular formula is C10H17N3O3S. The quantitative estimate of drug-likeness (QED) is 0.398. The number of fused-ring (bicyclic) bond motifs is 1. The zero-order valence-corrected chi connectivity index (χ0v) is 10.3. The van der Waals surface area contributed by atoms with Crippen molar-refractivity contribution in [3.63, 3.8) is 0 Å². The Hall–Kier alpha value is -0.950. The van der Waals surface area contributed by atoms with Gasteiger partial charge in [-0.3, -0.25) is 10.2 Å². The molecule has 0 amide bonds. The second-order valence-corrected chi connectivity index (χ2v) is 6.22. The number of hydrogen-bond acceptors (Lipinski definition) is 3. The van der Waals surface area contributed by atoms with E-state index in [0.717, 1.165) is 12.8 Å². The number of aliphatic carboxylic acids is 1. The molecule has 2 saturated heterocycles. The minimum atomic E-state index is -0.868. The summed E-state index contributed by atoms with van der Waals surface area (Å²) in [5.74, 6) is 0.119. The molecule has 7 heteroatoms. The molecule has 4 atom stereocenters. The van der Waals surface area contributed by atoms with Crippen LogP contribution in [0.25, 0.3) is 0 Å². The second-order valence-electron chi connectivity index (χ2n) is 4.52. The first kappa shape index (κ1) is 12.5. The van der Waals surface area contributed by atoms with Gasteiger partial charge in [0.1, 0.15) is 17.0 Å². The summed E-state index contributed by atoms with van der Waals surface area (Å²) in [5, 5.41) is 22.0. The van der Waals surface area contributed by atoms with Crippen LogP contribution in [0.3, 0.4) is 0 Å². The highest BCUT2D eigenvalue weighted by atomic mass is 32.2. The molecule has 2 rings (SSSR count). The largest absolute Gasteiger partial charge is 0.616 e. The molecule has 17 heavy (non-hydrogen) atoms. The second kappa shape index (κ2) is 5.14. The Morgan fingerprint density at radius 2 is 2.29 bits per heavy atom. The van der Waals surface area contributed by atoms with Crippen molar-refractivity contribution in [1.82, 2.24) is 10.6 Å². The van der Waals surface area contributed by atoms with Gasteiger partial charge in [-0.1, -0.05) is 0 Å². The third-order valence-electron chi connectivity index (χ3n) is 3.29. The molecule has 96 valence electrons. The fourth-order valence-electron chi connectivity index (χ4n) is 2.48. The third-order valence-corrected chi connectivity index (χ3v) is 5.18. The molecule has 0 bridgehead atoms. The van der Waals surface area contributed by atoms with Gasteiger partial charge in [0.25, 0.3) is 0 Å². The average Bonchev–Trinajstić information content (AvgIpc) is 2.69. The van der Waals surface area contributed by atoms with Crippen LogP contribution in [0.2, 0.25) is 0 Å². The number of rotatable bonds is 5. The van der Waals surface area contributed by atoms with Gasteiger partial charge in [0.15, 0.2) is 5.96 Å². The average molecular weight is 259 g/mol. The van der Waals surface area contributed by atoms with Gasteiger partial charge in [0.2, 0.25) is 0 Å². The molecule has 0 aromatic rings. The predicted octanol–water partition coefficient (Wildman–Crippen LogP) is -0.373. The molecule has 1 unspecified atom stereocenters. The molecule has 2 fully saturated rings. The Labute approximate surface area is 103 Å². The molecule has 2 heterocycles. The maximum Gasteiger partial charge on any atom is 0.303 e. The number of guanidine groups is 1. The lowest BCUT2D eigenvalue weighted by atomic mass is 10.0. The van der Waals surface area contributed by atoms with Crippen molar-refractivity contribution in [2.45, 2.75) is 43.0 Å². The molecule has 0 radical (unpaired) electrons. The van der Waals surface area contributed by atoms with E-state index >= 15 is 0 Å². The Kier molecular flexibility index (Phi) is 3.78. The van der Waals surface area contributed by atoms with Crippen LogP contribution in [0.1, 0.15) is 25.7 Å². The van der Waals surface area contributed by atoms with E-state index in [1.54, 1.807) is 0 Å². The van der Waals surface area contributed by atoms with Gasteiger partial charge in [-0.25, -0.2) is 0 Å². The number of unbranched alkanes of at least 4 members (excludes halogenated alkanes) is 1. The van der Waals surface area contributed by atoms with Crippen LogP contribution in [0.5, 0.6) is 0 Å². The smallest absolute Gasteiger partial charge is 0.303 e. The van der Waals surface area contributed by atoms with Crippen molar-refractivity contribution in [2.24, 2.45) is 0 Å². The summed E-state index contributed by atoms with van der Waals surface area (Å²) in [5.41, 5.74) is 0. The van der Waals surface area contributed by atoms with E-state index in [9.17, 15) is 9.35 Å². The lowest BCUT2D eigenvalue weighted by Crippen LogP contribution is -2.39. The molecule has 4 N–H and O–H groups in total. The summed E-state index contributed by atoms with van der Waals surface area (Å²) in [6.07, 6.45) is 2.35. The van der Waals surface area contributed by atoms with Gasteiger partial charge >= 0.3 is 5.97 Å². The van der Waals surface area contributed by atoms with Crippen LogP contribution in [0.4, 0.5) is 0 Å². The van der Waals surface area contributed by atoms with Crippen LogP contribution >= 0.6 is 0 Å². The van der Waals surface area contributed by atoms with Gasteiger partial charge in [0, 0.05) is 6.42 Å². The minimum Gasteiger partial charge on any atom is -0.616 e. The van der Waals surface area contributed by atoms with Crippen molar-refractivity contribution in [2.75, 3.05) is 5.75 Å². The molecule has 0 aromatic carbocycles. The van der Waals surface area contributed by atoms with Gasteiger partial charge in [-0.15, -0.1) is 0 Å². The van der Waals surface area contributed by atoms with E-state index in [1.807, 2.05) is 0 Å². The molecular weight excluding hydrogens is 242 g/mol. The van der Waals surface area contributed by atoms with Crippen LogP contribution < -0.4 is 10.6 Å². The fourth-order valence-corrected chi connectivity index (χ4v) is 4.38. The Morgan fingerprint density at radius 1 is 1.53 bits per heavy atom. The molecule has 0 spiro atoms. The van der Waals surface area contributed by atoms with Crippen molar-refractivity contribution in [3.8, 4) is 0 Å². The Balaban J connectivity index is 1.79. The van der Waals surface area contributed by atoms with Gasteiger partial charge in [0.05, 0.1) is 6.04 Å². The molecule has 6 nitrogen and oxygen atoms in total. The summed E-state index contributed by atoms with van der Waals surface area (Å²) in [4.78, 5) is 10.4. The zero-order chi connectivity index (χ0) is 12.4. The van der Waals surface area contributed by atoms with Crippen molar-refractivity contribution >= 4 is 23.1 Å². The van der Waals surface area contributed by atoms with E-state index in [0.29, 0.717) is 18.1 Å². The first-order valence-corrected chi connectivity index (χ1v) is 7.16. The SMILES string of the molecule is N=C1N[C@H]2[C@H](C[S+]([O-])[C@H]2CCCCC(=O)O)N1. The number of carbonyl (C=O) groups is 1. The number of nitrogens with one attached hydrogen (secondary N) is 3. The predicted molar refractivity (Wildman–Crippen MR) is 64.5 cm³/mol. The van der Waals surface area contributed by atoms with Gasteiger partial charge in [-0.05, 0) is 30.4 Å². The zero-order valence-electron chi connectivity index (χ0n) is 9.44. The van der Waals surface area contributed by atoms with Crippen molar-refractivity contribution in [1.29, 1.82) is 5.41 Å². The maximum atomic E-state index is 11.9. The molecule has 0 saturated carbocycles. The lowest BCUT2D eigenvalue weighted by Gasteiger charge is -2.18. The van der Waals surface area contributed by atoms with Gasteiger partial charge in [-0.2, -0.15) is 0 Å². The fraction of sp³-hybridized carbons (Fsp3) is 0.800. The molecule has 0 aliphatic carbocycles. The number of carboxylic acid groups (broad SMARTS) is 1. The molecule has 2 aliphatic rings. The normalized spacial score (nSPS) is 35.2. The summed E-state index contributed by atoms with van der Waals surface area (Å²) < 4.78 is 11.9. The Morgan fingerprint density at radius 3 is 3.00 bits per heavy atom. The molecule has 0 aromatic heterocycles. The van der Waals surface area contributed by atoms with E-state index in [1.165, 1.54) is 0 Å². The minimum absolute atomic E-state index is 0.0455. The maximum absolute atomic E-state index is 11.9. The Bertz CT molecular complexity index is 326. The first-order valence-electron chi connectivity index (χ1n) is 5.78. The van der Waals surface area contributed by atoms with Gasteiger partial charge < -0.3 is 20.3 Å². The number of carboxylic acids is 1. The summed E-state index contributed by atoms with van der Waals surface area (Å²) >= 11 is -0.868. The highest BCUT2D eigenvalue weighted by Crippen LogP contribution is 2.28. The number of hydrogen-bond donors (Lipinski definition) is 4. The standard InChI is InChI=1S/C10H17N3O3S/c11-10-12-6-5-17(16)7(9(6)13-10)3-1-2-4-8(14)15/h6-7,9H,1-5H2,(H,14,15)(H3,11,12,13)/t6-,7-,9-,17?/m0/s1. The summed E-state index contributed by atoms with van der Waals surface area (Å²) in [7, 11) is 0. The van der Waals surface area contributed by atoms with E-state index < -0.39 is 17.1 Å². The molecule has 2 aliphatic heterocycles. The van der Waals surface area contributed by atoms with E-state index in [-0.39, 0.29) is 23.8 Å². The topological polar surface area (TPSA) is 108 Å². The van der Waals surface area contributed by atoms with Crippen LogP contribution in [0, 0.1) is 5.41 Å². The highest BCUT2D eigenvalue weighted by Gasteiger charge is 2.49. The van der Waals surface area contributed by atoms with Crippen LogP contribution in [-0.4, -0.2) is 44.7 Å². The summed E-state index contributed by atoms with van der Waals surface area (Å²) in [6.45, 7) is 0. The van der Waals surface area contributed by atoms with Crippen LogP contribution in [-0.2, 0) is 16.0 Å². The summed E-state index contributed by atoms with van der Waals surface area (Å²) in [6, 6.07) is 0.181. The van der Waals surface area contributed by atoms with E-state index in [2.05, 4.69) is 10.6 Å². The van der Waals surface area contributed by atoms with Crippen LogP contribution in [0.15, 0.2) is 0 Å².